The lowest BCUT2D eigenvalue weighted by Gasteiger charge is -2.51. The van der Waals surface area contributed by atoms with E-state index in [9.17, 15) is 9.59 Å². The van der Waals surface area contributed by atoms with E-state index in [1.807, 2.05) is 55.1 Å². The van der Waals surface area contributed by atoms with Crippen molar-refractivity contribution in [1.29, 1.82) is 0 Å². The van der Waals surface area contributed by atoms with Gasteiger partial charge < -0.3 is 14.8 Å². The Balaban J connectivity index is 1.48. The van der Waals surface area contributed by atoms with Crippen molar-refractivity contribution in [2.24, 2.45) is 0 Å². The lowest BCUT2D eigenvalue weighted by molar-refractivity contribution is -0.166. The van der Waals surface area contributed by atoms with Crippen LogP contribution in [0.2, 0.25) is 0 Å². The van der Waals surface area contributed by atoms with Gasteiger partial charge in [-0.2, -0.15) is 0 Å². The van der Waals surface area contributed by atoms with Crippen molar-refractivity contribution in [2.75, 3.05) is 13.1 Å². The highest BCUT2D eigenvalue weighted by molar-refractivity contribution is 6.01. The first-order chi connectivity index (χ1) is 17.4. The third-order valence-corrected chi connectivity index (χ3v) is 8.10. The Morgan fingerprint density at radius 1 is 0.944 bits per heavy atom. The summed E-state index contributed by atoms with van der Waals surface area (Å²) in [6, 6.07) is 25.1. The molecule has 1 aromatic heterocycles. The molecule has 2 aliphatic rings. The zero-order valence-corrected chi connectivity index (χ0v) is 21.0. The van der Waals surface area contributed by atoms with Crippen LogP contribution >= 0.6 is 0 Å². The van der Waals surface area contributed by atoms with E-state index in [0.717, 1.165) is 34.1 Å². The molecule has 2 atom stereocenters. The molecule has 4 aromatic rings. The number of H-pyrrole nitrogens is 1. The number of carbonyl (C=O) groups is 2. The van der Waals surface area contributed by atoms with Crippen LogP contribution in [0.25, 0.3) is 10.9 Å². The Labute approximate surface area is 211 Å². The van der Waals surface area contributed by atoms with Gasteiger partial charge in [-0.25, -0.2) is 0 Å². The molecule has 1 saturated heterocycles. The number of para-hydroxylation sites is 1. The summed E-state index contributed by atoms with van der Waals surface area (Å²) in [5.74, 6) is -0.0468. The summed E-state index contributed by atoms with van der Waals surface area (Å²) >= 11 is 0. The minimum Gasteiger partial charge on any atom is -0.356 e. The van der Waals surface area contributed by atoms with Crippen LogP contribution in [0.3, 0.4) is 0 Å². The Bertz CT molecular complexity index is 1470. The number of amides is 2. The molecule has 1 N–H and O–H groups in total. The van der Waals surface area contributed by atoms with E-state index in [1.165, 1.54) is 16.7 Å². The summed E-state index contributed by atoms with van der Waals surface area (Å²) in [5.41, 5.74) is 6.55. The fraction of sp³-hybridized carbons (Fsp3) is 0.290. The fourth-order valence-electron chi connectivity index (χ4n) is 6.00. The van der Waals surface area contributed by atoms with Crippen LogP contribution in [0.15, 0.2) is 72.8 Å². The number of nitrogens with zero attached hydrogens (tertiary/aromatic N) is 2. The molecule has 36 heavy (non-hydrogen) atoms. The summed E-state index contributed by atoms with van der Waals surface area (Å²) in [7, 11) is 0. The molecule has 0 spiro atoms. The van der Waals surface area contributed by atoms with Gasteiger partial charge in [0, 0.05) is 29.9 Å². The molecule has 6 rings (SSSR count). The number of hydrogen-bond donors (Lipinski definition) is 1. The average molecular weight is 478 g/mol. The number of aryl methyl sites for hydroxylation is 2. The van der Waals surface area contributed by atoms with Crippen molar-refractivity contribution in [3.05, 3.63) is 106 Å². The smallest absolute Gasteiger partial charge is 0.255 e. The number of aromatic amines is 1. The first-order valence-corrected chi connectivity index (χ1v) is 12.8. The van der Waals surface area contributed by atoms with Gasteiger partial charge in [0.1, 0.15) is 6.54 Å². The monoisotopic (exact) mass is 477 g/mol. The van der Waals surface area contributed by atoms with E-state index in [4.69, 9.17) is 0 Å². The van der Waals surface area contributed by atoms with Crippen molar-refractivity contribution in [2.45, 2.75) is 45.2 Å². The van der Waals surface area contributed by atoms with Crippen molar-refractivity contribution in [3.63, 3.8) is 0 Å². The van der Waals surface area contributed by atoms with Crippen LogP contribution in [0.5, 0.6) is 0 Å². The number of hydrogen-bond acceptors (Lipinski definition) is 2. The number of piperazine rings is 1. The maximum absolute atomic E-state index is 14.2. The highest BCUT2D eigenvalue weighted by Gasteiger charge is 2.56. The van der Waals surface area contributed by atoms with Crippen molar-refractivity contribution < 1.29 is 9.59 Å². The van der Waals surface area contributed by atoms with Gasteiger partial charge in [0.2, 0.25) is 5.91 Å². The minimum atomic E-state index is -1.08. The Kier molecular flexibility index (Phi) is 5.25. The number of aromatic nitrogens is 1. The second kappa shape index (κ2) is 8.37. The summed E-state index contributed by atoms with van der Waals surface area (Å²) in [6.07, 6.45) is 0.983. The summed E-state index contributed by atoms with van der Waals surface area (Å²) in [4.78, 5) is 34.9. The van der Waals surface area contributed by atoms with E-state index in [2.05, 4.69) is 48.3 Å². The van der Waals surface area contributed by atoms with Crippen LogP contribution in [0.4, 0.5) is 0 Å². The molecule has 5 heteroatoms. The molecule has 3 heterocycles. The number of benzene rings is 3. The minimum absolute atomic E-state index is 0.00414. The zero-order valence-electron chi connectivity index (χ0n) is 21.0. The fourth-order valence-corrected chi connectivity index (χ4v) is 6.00. The number of fused-ring (bicyclic) bond motifs is 5. The highest BCUT2D eigenvalue weighted by Crippen LogP contribution is 2.48. The summed E-state index contributed by atoms with van der Waals surface area (Å²) < 4.78 is 0. The number of carbonyl (C=O) groups excluding carboxylic acids is 2. The predicted molar refractivity (Wildman–Crippen MR) is 142 cm³/mol. The van der Waals surface area contributed by atoms with Crippen molar-refractivity contribution >= 4 is 22.7 Å². The first-order valence-electron chi connectivity index (χ1n) is 12.8. The molecule has 0 saturated carbocycles. The average Bonchev–Trinajstić information content (AvgIpc) is 3.29. The zero-order chi connectivity index (χ0) is 25.0. The molecule has 0 aliphatic carbocycles. The van der Waals surface area contributed by atoms with Gasteiger partial charge in [0.05, 0.1) is 5.69 Å². The van der Waals surface area contributed by atoms with Gasteiger partial charge in [0.25, 0.3) is 5.91 Å². The SMILES string of the molecule is CCc1ccc(C2CN3C(=O)CN(Cc4ccc(C)cc4)C(=O)[C@]3(C)c3[nH]c4ccccc4c32)cc1. The lowest BCUT2D eigenvalue weighted by atomic mass is 9.76. The summed E-state index contributed by atoms with van der Waals surface area (Å²) in [6.45, 7) is 7.12. The van der Waals surface area contributed by atoms with Crippen molar-refractivity contribution in [3.8, 4) is 0 Å². The van der Waals surface area contributed by atoms with Crippen LogP contribution in [0, 0.1) is 6.92 Å². The molecule has 1 unspecified atom stereocenters. The molecular weight excluding hydrogens is 446 g/mol. The van der Waals surface area contributed by atoms with E-state index in [-0.39, 0.29) is 24.3 Å². The van der Waals surface area contributed by atoms with Gasteiger partial charge >= 0.3 is 0 Å². The predicted octanol–water partition coefficient (Wildman–Crippen LogP) is 5.27. The molecule has 2 aliphatic heterocycles. The van der Waals surface area contributed by atoms with Crippen LogP contribution in [0.1, 0.15) is 53.3 Å². The Morgan fingerprint density at radius 2 is 1.64 bits per heavy atom. The van der Waals surface area contributed by atoms with E-state index >= 15 is 0 Å². The second-order valence-corrected chi connectivity index (χ2v) is 10.3. The number of rotatable bonds is 4. The van der Waals surface area contributed by atoms with Gasteiger partial charge in [-0.15, -0.1) is 0 Å². The largest absolute Gasteiger partial charge is 0.356 e. The van der Waals surface area contributed by atoms with Gasteiger partial charge in [0.15, 0.2) is 5.54 Å². The van der Waals surface area contributed by atoms with Gasteiger partial charge in [-0.1, -0.05) is 79.2 Å². The van der Waals surface area contributed by atoms with E-state index in [0.29, 0.717) is 13.1 Å². The maximum atomic E-state index is 14.2. The molecule has 5 nitrogen and oxygen atoms in total. The Morgan fingerprint density at radius 3 is 2.36 bits per heavy atom. The van der Waals surface area contributed by atoms with E-state index < -0.39 is 5.54 Å². The molecule has 0 radical (unpaired) electrons. The molecule has 3 aromatic carbocycles. The van der Waals surface area contributed by atoms with E-state index in [1.54, 1.807) is 4.90 Å². The third kappa shape index (κ3) is 3.37. The summed E-state index contributed by atoms with van der Waals surface area (Å²) in [5, 5.41) is 1.12. The third-order valence-electron chi connectivity index (χ3n) is 8.10. The van der Waals surface area contributed by atoms with Crippen LogP contribution in [-0.4, -0.2) is 39.7 Å². The highest BCUT2D eigenvalue weighted by atomic mass is 16.2. The molecule has 2 amide bonds. The molecule has 182 valence electrons. The quantitative estimate of drug-likeness (QED) is 0.435. The maximum Gasteiger partial charge on any atom is 0.255 e. The lowest BCUT2D eigenvalue weighted by Crippen LogP contribution is -2.67. The van der Waals surface area contributed by atoms with Gasteiger partial charge in [-0.3, -0.25) is 9.59 Å². The molecule has 1 fully saturated rings. The first kappa shape index (κ1) is 22.6. The molecular formula is C31H31N3O2. The van der Waals surface area contributed by atoms with Crippen molar-refractivity contribution in [1.82, 2.24) is 14.8 Å². The number of nitrogens with one attached hydrogen (secondary N) is 1. The Hall–Kier alpha value is -3.86. The topological polar surface area (TPSA) is 56.4 Å². The molecule has 0 bridgehead atoms. The standard InChI is InChI=1S/C31H31N3O2/c1-4-21-13-15-23(16-14-21)25-18-34-27(35)19-33(17-22-11-9-20(2)10-12-22)30(36)31(34,3)29-28(25)24-7-5-6-8-26(24)32-29/h5-16,25,32H,4,17-19H2,1-3H3/t25?,31-/m0/s1. The van der Waals surface area contributed by atoms with Gasteiger partial charge in [-0.05, 0) is 48.6 Å². The van der Waals surface area contributed by atoms with Crippen LogP contribution < -0.4 is 0 Å². The normalized spacial score (nSPS) is 21.6. The second-order valence-electron chi connectivity index (χ2n) is 10.3. The van der Waals surface area contributed by atoms with Crippen LogP contribution in [-0.2, 0) is 28.1 Å².